The molecule has 2 N–H and O–H groups in total. The van der Waals surface area contributed by atoms with Gasteiger partial charge in [0.2, 0.25) is 0 Å². The van der Waals surface area contributed by atoms with Crippen molar-refractivity contribution in [3.05, 3.63) is 24.3 Å². The van der Waals surface area contributed by atoms with Crippen LogP contribution in [0.2, 0.25) is 0 Å². The summed E-state index contributed by atoms with van der Waals surface area (Å²) in [7, 11) is 0. The van der Waals surface area contributed by atoms with Gasteiger partial charge in [-0.15, -0.1) is 0 Å². The third kappa shape index (κ3) is 4.74. The zero-order valence-electron chi connectivity index (χ0n) is 12.3. The lowest BCUT2D eigenvalue weighted by molar-refractivity contribution is -0.144. The summed E-state index contributed by atoms with van der Waals surface area (Å²) in [6, 6.07) is 7.36. The molecule has 0 aliphatic rings. The first-order chi connectivity index (χ1) is 9.51. The molecule has 1 atom stereocenters. The zero-order chi connectivity index (χ0) is 15.0. The molecule has 5 nitrogen and oxygen atoms in total. The summed E-state index contributed by atoms with van der Waals surface area (Å²) >= 11 is 0. The van der Waals surface area contributed by atoms with Crippen molar-refractivity contribution >= 4 is 5.97 Å². The number of carbonyl (C=O) groups is 1. The number of nitrogens with one attached hydrogen (secondary N) is 1. The molecule has 0 spiro atoms. The number of hydrogen-bond acceptors (Lipinski definition) is 4. The number of carboxylic acids is 1. The van der Waals surface area contributed by atoms with Gasteiger partial charge in [-0.1, -0.05) is 6.92 Å². The molecule has 1 unspecified atom stereocenters. The maximum absolute atomic E-state index is 11.1. The Morgan fingerprint density at radius 2 is 1.75 bits per heavy atom. The molecule has 0 bridgehead atoms. The quantitative estimate of drug-likeness (QED) is 0.680. The lowest BCUT2D eigenvalue weighted by Crippen LogP contribution is -2.50. The summed E-state index contributed by atoms with van der Waals surface area (Å²) in [6.45, 7) is 6.97. The highest BCUT2D eigenvalue weighted by Gasteiger charge is 2.29. The molecule has 1 aromatic carbocycles. The minimum atomic E-state index is -0.901. The van der Waals surface area contributed by atoms with E-state index < -0.39 is 11.5 Å². The van der Waals surface area contributed by atoms with Gasteiger partial charge in [-0.3, -0.25) is 10.1 Å². The molecular weight excluding hydrogens is 258 g/mol. The van der Waals surface area contributed by atoms with Crippen LogP contribution in [0.4, 0.5) is 0 Å². The molecule has 0 saturated heterocycles. The highest BCUT2D eigenvalue weighted by atomic mass is 16.5. The maximum Gasteiger partial charge on any atom is 0.323 e. The Balaban J connectivity index is 2.35. The van der Waals surface area contributed by atoms with Gasteiger partial charge in [0.1, 0.15) is 23.6 Å². The number of rotatable bonds is 9. The normalized spacial score (nSPS) is 13.6. The Hall–Kier alpha value is -1.75. The molecule has 0 aromatic heterocycles. The Kier molecular flexibility index (Phi) is 6.31. The van der Waals surface area contributed by atoms with E-state index in [1.54, 1.807) is 6.92 Å². The fourth-order valence-corrected chi connectivity index (χ4v) is 1.65. The third-order valence-electron chi connectivity index (χ3n) is 3.20. The van der Waals surface area contributed by atoms with Gasteiger partial charge in [0, 0.05) is 6.54 Å². The summed E-state index contributed by atoms with van der Waals surface area (Å²) < 4.78 is 10.9. The van der Waals surface area contributed by atoms with Crippen LogP contribution < -0.4 is 14.8 Å². The van der Waals surface area contributed by atoms with Crippen LogP contribution in [0, 0.1) is 0 Å². The third-order valence-corrected chi connectivity index (χ3v) is 3.20. The van der Waals surface area contributed by atoms with Gasteiger partial charge >= 0.3 is 5.97 Å². The highest BCUT2D eigenvalue weighted by molar-refractivity contribution is 5.78. The molecular formula is C15H23NO4. The topological polar surface area (TPSA) is 67.8 Å². The summed E-state index contributed by atoms with van der Waals surface area (Å²) in [6.07, 6.45) is 0.519. The van der Waals surface area contributed by atoms with E-state index in [-0.39, 0.29) is 0 Å². The minimum Gasteiger partial charge on any atom is -0.494 e. The molecule has 1 rings (SSSR count). The molecule has 0 radical (unpaired) electrons. The van der Waals surface area contributed by atoms with Crippen LogP contribution in [0.15, 0.2) is 24.3 Å². The number of carboxylic acid groups (broad SMARTS) is 1. The molecule has 0 saturated carbocycles. The van der Waals surface area contributed by atoms with Crippen molar-refractivity contribution in [2.45, 2.75) is 32.7 Å². The predicted octanol–water partition coefficient (Wildman–Crippen LogP) is 2.31. The largest absolute Gasteiger partial charge is 0.494 e. The molecule has 0 amide bonds. The second-order valence-corrected chi connectivity index (χ2v) is 4.67. The SMILES string of the molecule is CCOc1ccc(OCCNC(C)(CC)C(=O)O)cc1. The van der Waals surface area contributed by atoms with Gasteiger partial charge in [0.25, 0.3) is 0 Å². The van der Waals surface area contributed by atoms with Crippen molar-refractivity contribution in [2.75, 3.05) is 19.8 Å². The first-order valence-electron chi connectivity index (χ1n) is 6.86. The Bertz CT molecular complexity index is 418. The second kappa shape index (κ2) is 7.75. The molecule has 0 aliphatic heterocycles. The fraction of sp³-hybridized carbons (Fsp3) is 0.533. The lowest BCUT2D eigenvalue weighted by Gasteiger charge is -2.24. The number of hydrogen-bond donors (Lipinski definition) is 2. The van der Waals surface area contributed by atoms with Crippen molar-refractivity contribution in [3.63, 3.8) is 0 Å². The van der Waals surface area contributed by atoms with E-state index in [4.69, 9.17) is 14.6 Å². The first kappa shape index (κ1) is 16.3. The van der Waals surface area contributed by atoms with Gasteiger partial charge in [-0.25, -0.2) is 0 Å². The first-order valence-corrected chi connectivity index (χ1v) is 6.86. The summed E-state index contributed by atoms with van der Waals surface area (Å²) in [5.41, 5.74) is -0.901. The Labute approximate surface area is 119 Å². The van der Waals surface area contributed by atoms with Crippen molar-refractivity contribution in [1.29, 1.82) is 0 Å². The summed E-state index contributed by atoms with van der Waals surface area (Å²) in [5, 5.41) is 12.1. The van der Waals surface area contributed by atoms with E-state index in [2.05, 4.69) is 5.32 Å². The predicted molar refractivity (Wildman–Crippen MR) is 77.4 cm³/mol. The van der Waals surface area contributed by atoms with E-state index >= 15 is 0 Å². The van der Waals surface area contributed by atoms with Crippen molar-refractivity contribution in [2.24, 2.45) is 0 Å². The average molecular weight is 281 g/mol. The van der Waals surface area contributed by atoms with Gasteiger partial charge in [0.05, 0.1) is 6.61 Å². The average Bonchev–Trinajstić information content (AvgIpc) is 2.45. The number of aliphatic carboxylic acids is 1. The molecule has 0 heterocycles. The van der Waals surface area contributed by atoms with E-state index in [1.165, 1.54) is 0 Å². The van der Waals surface area contributed by atoms with E-state index in [9.17, 15) is 4.79 Å². The lowest BCUT2D eigenvalue weighted by atomic mass is 9.99. The molecule has 0 fully saturated rings. The number of ether oxygens (including phenoxy) is 2. The monoisotopic (exact) mass is 281 g/mol. The van der Waals surface area contributed by atoms with Gasteiger partial charge < -0.3 is 14.6 Å². The summed E-state index contributed by atoms with van der Waals surface area (Å²) in [4.78, 5) is 11.1. The van der Waals surface area contributed by atoms with Crippen LogP contribution in [0.25, 0.3) is 0 Å². The standard InChI is InChI=1S/C15H23NO4/c1-4-15(3,14(17)18)16-10-11-20-13-8-6-12(7-9-13)19-5-2/h6-9,16H,4-5,10-11H2,1-3H3,(H,17,18). The van der Waals surface area contributed by atoms with Crippen LogP contribution >= 0.6 is 0 Å². The fourth-order valence-electron chi connectivity index (χ4n) is 1.65. The zero-order valence-corrected chi connectivity index (χ0v) is 12.3. The van der Waals surface area contributed by atoms with Crippen molar-refractivity contribution < 1.29 is 19.4 Å². The number of benzene rings is 1. The maximum atomic E-state index is 11.1. The van der Waals surface area contributed by atoms with Crippen molar-refractivity contribution in [3.8, 4) is 11.5 Å². The molecule has 0 aliphatic carbocycles. The van der Waals surface area contributed by atoms with E-state index in [1.807, 2.05) is 38.1 Å². The van der Waals surface area contributed by atoms with E-state index in [0.29, 0.717) is 26.2 Å². The van der Waals surface area contributed by atoms with Crippen LogP contribution in [0.5, 0.6) is 11.5 Å². The molecule has 1 aromatic rings. The molecule has 112 valence electrons. The van der Waals surface area contributed by atoms with Crippen molar-refractivity contribution in [1.82, 2.24) is 5.32 Å². The van der Waals surface area contributed by atoms with Crippen LogP contribution in [0.3, 0.4) is 0 Å². The van der Waals surface area contributed by atoms with Crippen LogP contribution in [0.1, 0.15) is 27.2 Å². The Morgan fingerprint density at radius 3 is 2.20 bits per heavy atom. The van der Waals surface area contributed by atoms with Crippen LogP contribution in [-0.2, 0) is 4.79 Å². The minimum absolute atomic E-state index is 0.414. The second-order valence-electron chi connectivity index (χ2n) is 4.67. The Morgan fingerprint density at radius 1 is 1.20 bits per heavy atom. The van der Waals surface area contributed by atoms with Gasteiger partial charge in [-0.2, -0.15) is 0 Å². The molecule has 20 heavy (non-hydrogen) atoms. The highest BCUT2D eigenvalue weighted by Crippen LogP contribution is 2.17. The smallest absolute Gasteiger partial charge is 0.323 e. The van der Waals surface area contributed by atoms with Gasteiger partial charge in [-0.05, 0) is 44.5 Å². The van der Waals surface area contributed by atoms with Crippen LogP contribution in [-0.4, -0.2) is 36.4 Å². The van der Waals surface area contributed by atoms with E-state index in [0.717, 1.165) is 11.5 Å². The molecule has 5 heteroatoms. The summed E-state index contributed by atoms with van der Waals surface area (Å²) in [5.74, 6) is 0.701. The van der Waals surface area contributed by atoms with Gasteiger partial charge in [0.15, 0.2) is 0 Å².